The van der Waals surface area contributed by atoms with Crippen LogP contribution in [0, 0.1) is 29.1 Å². The number of aromatic amines is 1. The topological polar surface area (TPSA) is 164 Å². The maximum Gasteiger partial charge on any atom is 0.408 e. The molecule has 4 saturated carbocycles. The van der Waals surface area contributed by atoms with Crippen LogP contribution in [-0.2, 0) is 32.0 Å². The molecule has 1 aromatic heterocycles. The highest BCUT2D eigenvalue weighted by Crippen LogP contribution is 2.62. The SMILES string of the molecule is CC(C)(C)OC(=O)N[C@@H](Cc1ccc(O)cc1)C(=O)N[C@H](Cc1c[nH]c2ccccc12)C(=O)C1C2CC3CC1CC(C(N)=O)(C3)C2. The molecule has 3 amide bonds. The quantitative estimate of drug-likeness (QED) is 0.221. The van der Waals surface area contributed by atoms with E-state index in [-0.39, 0.29) is 48.0 Å². The Labute approximate surface area is 268 Å². The summed E-state index contributed by atoms with van der Waals surface area (Å²) in [4.78, 5) is 57.5. The maximum atomic E-state index is 14.7. The molecule has 0 aliphatic heterocycles. The zero-order valence-corrected chi connectivity index (χ0v) is 26.7. The number of amides is 3. The molecule has 7 rings (SSSR count). The molecule has 0 radical (unpaired) electrons. The zero-order valence-electron chi connectivity index (χ0n) is 26.7. The Balaban J connectivity index is 1.29. The molecule has 2 unspecified atom stereocenters. The second-order valence-corrected chi connectivity index (χ2v) is 14.7. The van der Waals surface area contributed by atoms with Gasteiger partial charge in [0.05, 0.1) is 6.04 Å². The molecule has 10 nitrogen and oxygen atoms in total. The largest absolute Gasteiger partial charge is 0.508 e. The minimum atomic E-state index is -1.05. The Hall–Kier alpha value is -4.34. The fraction of sp³-hybridized carbons (Fsp3) is 0.500. The second-order valence-electron chi connectivity index (χ2n) is 14.7. The molecule has 46 heavy (non-hydrogen) atoms. The number of primary amides is 1. The van der Waals surface area contributed by atoms with Gasteiger partial charge in [-0.2, -0.15) is 0 Å². The first-order chi connectivity index (χ1) is 21.8. The number of phenols is 1. The van der Waals surface area contributed by atoms with Gasteiger partial charge >= 0.3 is 6.09 Å². The number of aromatic nitrogens is 1. The van der Waals surface area contributed by atoms with Crippen LogP contribution in [-0.4, -0.2) is 51.5 Å². The highest BCUT2D eigenvalue weighted by Gasteiger charge is 2.59. The number of carbonyl (C=O) groups excluding carboxylic acids is 4. The number of alkyl carbamates (subject to hydrolysis) is 1. The average Bonchev–Trinajstić information content (AvgIpc) is 3.38. The zero-order chi connectivity index (χ0) is 32.8. The summed E-state index contributed by atoms with van der Waals surface area (Å²) in [5, 5.41) is 16.5. The van der Waals surface area contributed by atoms with Gasteiger partial charge in [-0.1, -0.05) is 30.3 Å². The standard InChI is InChI=1S/C36H44N4O6/c1-35(2,3)46-34(45)40-29(14-20-8-10-25(41)11-9-20)32(43)39-28(15-24-19-38-27-7-5-4-6-26(24)27)31(42)30-22-12-21-13-23(30)18-36(16-21,17-22)33(37)44/h4-11,19,21-23,28-30,38,41H,12-18H2,1-3H3,(H2,37,44)(H,39,43)(H,40,45)/t21?,22?,23?,28-,29+,30?,36?/m1/s1. The molecule has 2 aromatic carbocycles. The van der Waals surface area contributed by atoms with E-state index >= 15 is 0 Å². The number of Topliss-reactive ketones (excluding diaryl/α,β-unsaturated/α-hetero) is 1. The Kier molecular flexibility index (Phi) is 8.33. The van der Waals surface area contributed by atoms with Crippen LogP contribution in [0.2, 0.25) is 0 Å². The van der Waals surface area contributed by atoms with E-state index in [1.165, 1.54) is 12.1 Å². The molecule has 0 saturated heterocycles. The molecule has 4 aliphatic rings. The molecular formula is C36H44N4O6. The molecule has 0 spiro atoms. The Bertz CT molecular complexity index is 1620. The molecule has 3 aromatic rings. The van der Waals surface area contributed by atoms with Gasteiger partial charge in [-0.25, -0.2) is 4.79 Å². The van der Waals surface area contributed by atoms with Gasteiger partial charge in [-0.15, -0.1) is 0 Å². The molecule has 4 bridgehead atoms. The lowest BCUT2D eigenvalue weighted by molar-refractivity contribution is -0.158. The number of aromatic hydroxyl groups is 1. The number of benzene rings is 2. The first-order valence-corrected chi connectivity index (χ1v) is 16.3. The van der Waals surface area contributed by atoms with E-state index < -0.39 is 35.1 Å². The van der Waals surface area contributed by atoms with Crippen molar-refractivity contribution in [1.29, 1.82) is 0 Å². The Morgan fingerprint density at radius 1 is 0.957 bits per heavy atom. The first kappa shape index (κ1) is 31.6. The summed E-state index contributed by atoms with van der Waals surface area (Å²) >= 11 is 0. The highest BCUT2D eigenvalue weighted by molar-refractivity contribution is 5.95. The number of para-hydroxylation sites is 1. The number of phenolic OH excluding ortho intramolecular Hbond substituents is 1. The van der Waals surface area contributed by atoms with E-state index in [0.29, 0.717) is 24.3 Å². The van der Waals surface area contributed by atoms with Crippen LogP contribution < -0.4 is 16.4 Å². The summed E-state index contributed by atoms with van der Waals surface area (Å²) < 4.78 is 5.47. The molecule has 6 N–H and O–H groups in total. The summed E-state index contributed by atoms with van der Waals surface area (Å²) in [5.41, 5.74) is 7.16. The number of carbonyl (C=O) groups is 4. The van der Waals surface area contributed by atoms with Crippen molar-refractivity contribution >= 4 is 34.6 Å². The molecule has 4 atom stereocenters. The van der Waals surface area contributed by atoms with E-state index in [0.717, 1.165) is 35.7 Å². The number of hydrogen-bond acceptors (Lipinski definition) is 6. The maximum absolute atomic E-state index is 14.7. The summed E-state index contributed by atoms with van der Waals surface area (Å²) in [5.74, 6) is -0.517. The van der Waals surface area contributed by atoms with Crippen molar-refractivity contribution in [3.63, 3.8) is 0 Å². The van der Waals surface area contributed by atoms with Crippen LogP contribution in [0.25, 0.3) is 10.9 Å². The van der Waals surface area contributed by atoms with Crippen LogP contribution in [0.1, 0.15) is 64.0 Å². The second kappa shape index (κ2) is 12.1. The Morgan fingerprint density at radius 3 is 2.28 bits per heavy atom. The number of nitrogens with one attached hydrogen (secondary N) is 3. The van der Waals surface area contributed by atoms with Gasteiger partial charge < -0.3 is 31.2 Å². The van der Waals surface area contributed by atoms with Gasteiger partial charge in [-0.05, 0) is 100.0 Å². The number of H-pyrrole nitrogens is 1. The van der Waals surface area contributed by atoms with Crippen molar-refractivity contribution in [2.75, 3.05) is 0 Å². The number of rotatable bonds is 10. The summed E-state index contributed by atoms with van der Waals surface area (Å²) in [6, 6.07) is 12.3. The lowest BCUT2D eigenvalue weighted by Gasteiger charge is -2.58. The normalized spacial score (nSPS) is 26.3. The van der Waals surface area contributed by atoms with Gasteiger partial charge in [0.1, 0.15) is 17.4 Å². The predicted molar refractivity (Wildman–Crippen MR) is 173 cm³/mol. The number of fused-ring (bicyclic) bond motifs is 1. The number of hydrogen-bond donors (Lipinski definition) is 5. The monoisotopic (exact) mass is 628 g/mol. The third kappa shape index (κ3) is 6.48. The van der Waals surface area contributed by atoms with Crippen LogP contribution in [0.5, 0.6) is 5.75 Å². The first-order valence-electron chi connectivity index (χ1n) is 16.3. The van der Waals surface area contributed by atoms with E-state index in [2.05, 4.69) is 15.6 Å². The predicted octanol–water partition coefficient (Wildman–Crippen LogP) is 4.53. The molecule has 4 fully saturated rings. The fourth-order valence-electron chi connectivity index (χ4n) is 8.57. The van der Waals surface area contributed by atoms with Crippen LogP contribution in [0.15, 0.2) is 54.7 Å². The minimum absolute atomic E-state index is 0.0345. The third-order valence-corrected chi connectivity index (χ3v) is 10.3. The lowest BCUT2D eigenvalue weighted by atomic mass is 9.45. The Morgan fingerprint density at radius 2 is 1.63 bits per heavy atom. The smallest absolute Gasteiger partial charge is 0.408 e. The number of ketones is 1. The van der Waals surface area contributed by atoms with Gasteiger partial charge in [0.15, 0.2) is 5.78 Å². The fourth-order valence-corrected chi connectivity index (χ4v) is 8.57. The molecule has 10 heteroatoms. The molecule has 4 aliphatic carbocycles. The minimum Gasteiger partial charge on any atom is -0.508 e. The van der Waals surface area contributed by atoms with Gasteiger partial charge in [0.2, 0.25) is 11.8 Å². The molecule has 244 valence electrons. The van der Waals surface area contributed by atoms with Crippen LogP contribution in [0.4, 0.5) is 4.79 Å². The number of nitrogens with two attached hydrogens (primary N) is 1. The summed E-state index contributed by atoms with van der Waals surface area (Å²) in [6.45, 7) is 5.22. The van der Waals surface area contributed by atoms with Crippen LogP contribution in [0.3, 0.4) is 0 Å². The lowest BCUT2D eigenvalue weighted by Crippen LogP contribution is -2.60. The van der Waals surface area contributed by atoms with E-state index in [4.69, 9.17) is 10.5 Å². The van der Waals surface area contributed by atoms with Crippen molar-refractivity contribution in [2.45, 2.75) is 83.4 Å². The average molecular weight is 629 g/mol. The van der Waals surface area contributed by atoms with Gasteiger partial charge in [-0.3, -0.25) is 14.4 Å². The van der Waals surface area contributed by atoms with Crippen molar-refractivity contribution in [2.24, 2.45) is 34.8 Å². The van der Waals surface area contributed by atoms with Crippen LogP contribution >= 0.6 is 0 Å². The summed E-state index contributed by atoms with van der Waals surface area (Å²) in [7, 11) is 0. The molecular weight excluding hydrogens is 584 g/mol. The van der Waals surface area contributed by atoms with E-state index in [1.807, 2.05) is 30.5 Å². The van der Waals surface area contributed by atoms with Crippen molar-refractivity contribution in [1.82, 2.24) is 15.6 Å². The van der Waals surface area contributed by atoms with E-state index in [1.54, 1.807) is 32.9 Å². The number of ether oxygens (including phenoxy) is 1. The van der Waals surface area contributed by atoms with Crippen molar-refractivity contribution in [3.05, 3.63) is 65.9 Å². The molecule has 1 heterocycles. The van der Waals surface area contributed by atoms with Crippen molar-refractivity contribution in [3.8, 4) is 5.75 Å². The van der Waals surface area contributed by atoms with Crippen molar-refractivity contribution < 1.29 is 29.0 Å². The third-order valence-electron chi connectivity index (χ3n) is 10.3. The van der Waals surface area contributed by atoms with Gasteiger partial charge in [0, 0.05) is 41.3 Å². The highest BCUT2D eigenvalue weighted by atomic mass is 16.6. The van der Waals surface area contributed by atoms with E-state index in [9.17, 15) is 24.3 Å². The van der Waals surface area contributed by atoms with Gasteiger partial charge in [0.25, 0.3) is 0 Å². The summed E-state index contributed by atoms with van der Waals surface area (Å²) in [6.07, 6.45) is 5.34.